The topological polar surface area (TPSA) is 0 Å². The van der Waals surface area contributed by atoms with E-state index in [0.29, 0.717) is 5.92 Å². The standard InChI is InChI=1S/C28H42F2/c1-3-21(2)8-9-24-12-10-22(11-13-24)6-4-5-7-23-14-16-25(17-15-23)26-18-19-27(29)28(30)20-26/h18-20,22-25H,2-17H2,1H3. The predicted octanol–water partition coefficient (Wildman–Crippen LogP) is 9.35. The van der Waals surface area contributed by atoms with E-state index in [1.54, 1.807) is 6.07 Å². The molecular weight excluding hydrogens is 374 g/mol. The van der Waals surface area contributed by atoms with Crippen molar-refractivity contribution in [2.45, 2.75) is 109 Å². The second-order valence-corrected chi connectivity index (χ2v) is 10.2. The third kappa shape index (κ3) is 7.20. The lowest BCUT2D eigenvalue weighted by Gasteiger charge is -2.30. The van der Waals surface area contributed by atoms with Crippen LogP contribution in [0.15, 0.2) is 30.4 Å². The molecule has 0 heterocycles. The number of benzene rings is 1. The van der Waals surface area contributed by atoms with Gasteiger partial charge in [-0.05, 0) is 86.3 Å². The van der Waals surface area contributed by atoms with E-state index in [-0.39, 0.29) is 0 Å². The molecule has 0 amide bonds. The molecule has 1 aromatic rings. The van der Waals surface area contributed by atoms with Crippen LogP contribution < -0.4 is 0 Å². The SMILES string of the molecule is C=C(CC)CCC1CCC(CCCCC2CCC(c3ccc(F)c(F)c3)CC2)CC1. The zero-order valence-corrected chi connectivity index (χ0v) is 19.1. The Balaban J connectivity index is 1.25. The van der Waals surface area contributed by atoms with Crippen LogP contribution in [-0.2, 0) is 0 Å². The van der Waals surface area contributed by atoms with Crippen LogP contribution in [0.4, 0.5) is 8.78 Å². The molecule has 2 heteroatoms. The summed E-state index contributed by atoms with van der Waals surface area (Å²) < 4.78 is 26.7. The van der Waals surface area contributed by atoms with E-state index in [4.69, 9.17) is 0 Å². The maximum atomic E-state index is 13.5. The van der Waals surface area contributed by atoms with Gasteiger partial charge in [-0.3, -0.25) is 0 Å². The van der Waals surface area contributed by atoms with E-state index < -0.39 is 11.6 Å². The van der Waals surface area contributed by atoms with Crippen LogP contribution in [0.3, 0.4) is 0 Å². The fourth-order valence-corrected chi connectivity index (χ4v) is 5.81. The number of rotatable bonds is 10. The Morgan fingerprint density at radius 3 is 1.87 bits per heavy atom. The van der Waals surface area contributed by atoms with Crippen LogP contribution >= 0.6 is 0 Å². The molecule has 0 unspecified atom stereocenters. The zero-order valence-electron chi connectivity index (χ0n) is 19.1. The molecule has 0 nitrogen and oxygen atoms in total. The highest BCUT2D eigenvalue weighted by Gasteiger charge is 2.24. The molecule has 0 spiro atoms. The average Bonchev–Trinajstić information content (AvgIpc) is 2.78. The molecule has 3 rings (SSSR count). The quantitative estimate of drug-likeness (QED) is 0.263. The van der Waals surface area contributed by atoms with Gasteiger partial charge >= 0.3 is 0 Å². The highest BCUT2D eigenvalue weighted by Crippen LogP contribution is 2.39. The molecule has 0 radical (unpaired) electrons. The molecule has 0 atom stereocenters. The summed E-state index contributed by atoms with van der Waals surface area (Å²) in [6.45, 7) is 6.38. The average molecular weight is 417 g/mol. The first-order chi connectivity index (χ1) is 14.5. The van der Waals surface area contributed by atoms with Crippen LogP contribution in [0.2, 0.25) is 0 Å². The van der Waals surface area contributed by atoms with Crippen molar-refractivity contribution in [3.63, 3.8) is 0 Å². The van der Waals surface area contributed by atoms with Gasteiger partial charge in [-0.1, -0.05) is 76.5 Å². The molecule has 0 bridgehead atoms. The first kappa shape index (κ1) is 23.5. The molecule has 0 N–H and O–H groups in total. The Labute approximate surface area is 183 Å². The lowest BCUT2D eigenvalue weighted by Crippen LogP contribution is -2.15. The van der Waals surface area contributed by atoms with Gasteiger partial charge in [0, 0.05) is 0 Å². The summed E-state index contributed by atoms with van der Waals surface area (Å²) in [5.74, 6) is 1.75. The maximum Gasteiger partial charge on any atom is 0.159 e. The van der Waals surface area contributed by atoms with E-state index in [1.807, 2.05) is 0 Å². The van der Waals surface area contributed by atoms with Crippen molar-refractivity contribution in [3.05, 3.63) is 47.5 Å². The molecule has 2 saturated carbocycles. The first-order valence-electron chi connectivity index (χ1n) is 12.7. The third-order valence-electron chi connectivity index (χ3n) is 8.11. The summed E-state index contributed by atoms with van der Waals surface area (Å²) in [5.41, 5.74) is 2.41. The van der Waals surface area contributed by atoms with Gasteiger partial charge in [-0.15, -0.1) is 0 Å². The van der Waals surface area contributed by atoms with Gasteiger partial charge in [0.25, 0.3) is 0 Å². The molecule has 0 aliphatic heterocycles. The van der Waals surface area contributed by atoms with Gasteiger partial charge in [-0.2, -0.15) is 0 Å². The Kier molecular flexibility index (Phi) is 9.40. The predicted molar refractivity (Wildman–Crippen MR) is 124 cm³/mol. The fraction of sp³-hybridized carbons (Fsp3) is 0.714. The van der Waals surface area contributed by atoms with Crippen molar-refractivity contribution >= 4 is 0 Å². The van der Waals surface area contributed by atoms with Gasteiger partial charge < -0.3 is 0 Å². The minimum atomic E-state index is -0.733. The van der Waals surface area contributed by atoms with E-state index in [2.05, 4.69) is 13.5 Å². The van der Waals surface area contributed by atoms with Crippen molar-refractivity contribution in [3.8, 4) is 0 Å². The Hall–Kier alpha value is -1.18. The zero-order chi connectivity index (χ0) is 21.3. The van der Waals surface area contributed by atoms with Crippen LogP contribution in [0.25, 0.3) is 0 Å². The van der Waals surface area contributed by atoms with Gasteiger partial charge in [-0.25, -0.2) is 8.78 Å². The van der Waals surface area contributed by atoms with E-state index in [0.717, 1.165) is 42.6 Å². The van der Waals surface area contributed by atoms with Crippen molar-refractivity contribution in [1.82, 2.24) is 0 Å². The summed E-state index contributed by atoms with van der Waals surface area (Å²) in [4.78, 5) is 0. The normalized spacial score (nSPS) is 27.2. The molecule has 2 aliphatic carbocycles. The van der Waals surface area contributed by atoms with Gasteiger partial charge in [0.05, 0.1) is 0 Å². The van der Waals surface area contributed by atoms with Gasteiger partial charge in [0.15, 0.2) is 11.6 Å². The minimum Gasteiger partial charge on any atom is -0.204 e. The number of unbranched alkanes of at least 4 members (excludes halogenated alkanes) is 1. The number of halogens is 2. The molecule has 168 valence electrons. The van der Waals surface area contributed by atoms with E-state index in [9.17, 15) is 8.78 Å². The highest BCUT2D eigenvalue weighted by atomic mass is 19.2. The fourth-order valence-electron chi connectivity index (χ4n) is 5.81. The number of hydrogen-bond donors (Lipinski definition) is 0. The van der Waals surface area contributed by atoms with Crippen LogP contribution in [-0.4, -0.2) is 0 Å². The minimum absolute atomic E-state index is 0.418. The molecule has 30 heavy (non-hydrogen) atoms. The monoisotopic (exact) mass is 416 g/mol. The maximum absolute atomic E-state index is 13.5. The molecule has 2 aliphatic rings. The largest absolute Gasteiger partial charge is 0.204 e. The summed E-state index contributed by atoms with van der Waals surface area (Å²) >= 11 is 0. The Morgan fingerprint density at radius 1 is 0.800 bits per heavy atom. The van der Waals surface area contributed by atoms with E-state index >= 15 is 0 Å². The molecular formula is C28H42F2. The highest BCUT2D eigenvalue weighted by molar-refractivity contribution is 5.22. The van der Waals surface area contributed by atoms with Crippen molar-refractivity contribution < 1.29 is 8.78 Å². The Morgan fingerprint density at radius 2 is 1.33 bits per heavy atom. The summed E-state index contributed by atoms with van der Waals surface area (Å²) in [7, 11) is 0. The number of hydrogen-bond acceptors (Lipinski definition) is 0. The Bertz CT molecular complexity index is 649. The van der Waals surface area contributed by atoms with Crippen LogP contribution in [0, 0.1) is 29.4 Å². The molecule has 0 aromatic heterocycles. The number of allylic oxidation sites excluding steroid dienone is 1. The molecule has 1 aromatic carbocycles. The lowest BCUT2D eigenvalue weighted by molar-refractivity contribution is 0.243. The lowest BCUT2D eigenvalue weighted by atomic mass is 9.76. The van der Waals surface area contributed by atoms with Crippen molar-refractivity contribution in [1.29, 1.82) is 0 Å². The summed E-state index contributed by atoms with van der Waals surface area (Å²) in [5, 5.41) is 0. The third-order valence-corrected chi connectivity index (χ3v) is 8.11. The molecule has 2 fully saturated rings. The van der Waals surface area contributed by atoms with Gasteiger partial charge in [0.1, 0.15) is 0 Å². The summed E-state index contributed by atoms with van der Waals surface area (Å²) in [6.07, 6.45) is 19.8. The van der Waals surface area contributed by atoms with Crippen molar-refractivity contribution in [2.24, 2.45) is 17.8 Å². The first-order valence-corrected chi connectivity index (χ1v) is 12.7. The van der Waals surface area contributed by atoms with E-state index in [1.165, 1.54) is 94.8 Å². The van der Waals surface area contributed by atoms with Crippen LogP contribution in [0.5, 0.6) is 0 Å². The summed E-state index contributed by atoms with van der Waals surface area (Å²) in [6, 6.07) is 4.47. The molecule has 0 saturated heterocycles. The second-order valence-electron chi connectivity index (χ2n) is 10.2. The second kappa shape index (κ2) is 12.0. The van der Waals surface area contributed by atoms with Gasteiger partial charge in [0.2, 0.25) is 0 Å². The van der Waals surface area contributed by atoms with Crippen LogP contribution in [0.1, 0.15) is 115 Å². The smallest absolute Gasteiger partial charge is 0.159 e. The van der Waals surface area contributed by atoms with Crippen molar-refractivity contribution in [2.75, 3.05) is 0 Å².